The fourth-order valence-corrected chi connectivity index (χ4v) is 3.26. The highest BCUT2D eigenvalue weighted by molar-refractivity contribution is 7.91. The maximum Gasteiger partial charge on any atom is 0.416 e. The maximum atomic E-state index is 12.5. The van der Waals surface area contributed by atoms with E-state index in [1.165, 1.54) is 0 Å². The van der Waals surface area contributed by atoms with Crippen LogP contribution in [-0.4, -0.2) is 14.2 Å². The molecule has 1 aromatic carbocycles. The third kappa shape index (κ3) is 4.40. The molecule has 0 aliphatic carbocycles. The van der Waals surface area contributed by atoms with E-state index in [-0.39, 0.29) is 16.3 Å². The van der Waals surface area contributed by atoms with Gasteiger partial charge in [-0.25, -0.2) is 8.42 Å². The van der Waals surface area contributed by atoms with Gasteiger partial charge in [0, 0.05) is 0 Å². The lowest BCUT2D eigenvalue weighted by atomic mass is 10.1. The van der Waals surface area contributed by atoms with Crippen LogP contribution >= 0.6 is 0 Å². The zero-order valence-corrected chi connectivity index (χ0v) is 12.2. The number of hydrogen-bond donors (Lipinski definition) is 1. The van der Waals surface area contributed by atoms with Gasteiger partial charge in [0.1, 0.15) is 0 Å². The van der Waals surface area contributed by atoms with Crippen LogP contribution in [0.5, 0.6) is 0 Å². The fraction of sp³-hybridized carbons (Fsp3) is 0.538. The minimum atomic E-state index is -4.53. The Bertz CT molecular complexity index is 565. The van der Waals surface area contributed by atoms with Gasteiger partial charge in [0.2, 0.25) is 0 Å². The minimum absolute atomic E-state index is 0.110. The van der Waals surface area contributed by atoms with Gasteiger partial charge in [-0.3, -0.25) is 0 Å². The van der Waals surface area contributed by atoms with E-state index in [0.29, 0.717) is 18.4 Å². The molecule has 0 radical (unpaired) electrons. The van der Waals surface area contributed by atoms with Gasteiger partial charge >= 0.3 is 6.18 Å². The average molecular weight is 309 g/mol. The highest BCUT2D eigenvalue weighted by atomic mass is 32.2. The summed E-state index contributed by atoms with van der Waals surface area (Å²) < 4.78 is 61.5. The van der Waals surface area contributed by atoms with Crippen LogP contribution < -0.4 is 5.73 Å². The van der Waals surface area contributed by atoms with Gasteiger partial charge in [0.25, 0.3) is 0 Å². The van der Waals surface area contributed by atoms with Crippen molar-refractivity contribution in [3.8, 4) is 0 Å². The van der Waals surface area contributed by atoms with Gasteiger partial charge in [-0.1, -0.05) is 13.8 Å². The number of benzene rings is 1. The van der Waals surface area contributed by atoms with Gasteiger partial charge in [-0.15, -0.1) is 0 Å². The topological polar surface area (TPSA) is 60.2 Å². The van der Waals surface area contributed by atoms with Gasteiger partial charge in [-0.2, -0.15) is 13.2 Å². The molecule has 0 bridgehead atoms. The molecule has 114 valence electrons. The standard InChI is InChI=1S/C13H18F3NO2S/c1-9(2)4-3-7-20(18,19)12-6-5-10(8-11(12)17)13(14,15)16/h5-6,8-9H,3-4,7,17H2,1-2H3. The largest absolute Gasteiger partial charge is 0.416 e. The van der Waals surface area contributed by atoms with Crippen molar-refractivity contribution in [2.24, 2.45) is 5.92 Å². The number of anilines is 1. The quantitative estimate of drug-likeness (QED) is 0.847. The Morgan fingerprint density at radius 2 is 1.85 bits per heavy atom. The molecule has 0 aromatic heterocycles. The molecule has 0 saturated carbocycles. The number of alkyl halides is 3. The van der Waals surface area contributed by atoms with Crippen molar-refractivity contribution in [3.63, 3.8) is 0 Å². The van der Waals surface area contributed by atoms with Crippen LogP contribution in [0.4, 0.5) is 18.9 Å². The number of rotatable bonds is 5. The second-order valence-electron chi connectivity index (χ2n) is 5.11. The van der Waals surface area contributed by atoms with Crippen LogP contribution in [0.25, 0.3) is 0 Å². The first-order valence-corrected chi connectivity index (χ1v) is 7.89. The number of nitrogens with two attached hydrogens (primary N) is 1. The zero-order chi connectivity index (χ0) is 15.6. The molecule has 0 atom stereocenters. The molecule has 1 rings (SSSR count). The van der Waals surface area contributed by atoms with Crippen molar-refractivity contribution in [1.82, 2.24) is 0 Å². The van der Waals surface area contributed by atoms with Crippen molar-refractivity contribution >= 4 is 15.5 Å². The lowest BCUT2D eigenvalue weighted by Gasteiger charge is -2.12. The van der Waals surface area contributed by atoms with E-state index in [1.807, 2.05) is 13.8 Å². The van der Waals surface area contributed by atoms with Crippen molar-refractivity contribution in [2.45, 2.75) is 37.8 Å². The molecular weight excluding hydrogens is 291 g/mol. The van der Waals surface area contributed by atoms with Crippen LogP contribution in [-0.2, 0) is 16.0 Å². The molecule has 3 nitrogen and oxygen atoms in total. The molecule has 0 saturated heterocycles. The van der Waals surface area contributed by atoms with Crippen molar-refractivity contribution < 1.29 is 21.6 Å². The second kappa shape index (κ2) is 6.03. The maximum absolute atomic E-state index is 12.5. The highest BCUT2D eigenvalue weighted by Crippen LogP contribution is 2.32. The first kappa shape index (κ1) is 16.8. The molecule has 0 aliphatic rings. The van der Waals surface area contributed by atoms with E-state index in [0.717, 1.165) is 18.6 Å². The highest BCUT2D eigenvalue weighted by Gasteiger charge is 2.31. The normalized spacial score (nSPS) is 12.9. The molecule has 2 N–H and O–H groups in total. The first-order chi connectivity index (χ1) is 9.04. The van der Waals surface area contributed by atoms with Gasteiger partial charge in [0.15, 0.2) is 9.84 Å². The SMILES string of the molecule is CC(C)CCCS(=O)(=O)c1ccc(C(F)(F)F)cc1N. The monoisotopic (exact) mass is 309 g/mol. The summed E-state index contributed by atoms with van der Waals surface area (Å²) in [5, 5.41) is 0. The minimum Gasteiger partial charge on any atom is -0.398 e. The molecule has 0 heterocycles. The Hall–Kier alpha value is -1.24. The summed E-state index contributed by atoms with van der Waals surface area (Å²) in [5.74, 6) is 0.260. The Morgan fingerprint density at radius 1 is 1.25 bits per heavy atom. The molecule has 0 spiro atoms. The summed E-state index contributed by atoms with van der Waals surface area (Å²) in [4.78, 5) is -0.228. The molecule has 1 aromatic rings. The number of halogens is 3. The summed E-state index contributed by atoms with van der Waals surface area (Å²) in [6.45, 7) is 3.94. The Labute approximate surface area is 116 Å². The third-order valence-electron chi connectivity index (χ3n) is 2.87. The van der Waals surface area contributed by atoms with E-state index >= 15 is 0 Å². The van der Waals surface area contributed by atoms with Crippen LogP contribution in [0, 0.1) is 5.92 Å². The molecular formula is C13H18F3NO2S. The van der Waals surface area contributed by atoms with E-state index in [2.05, 4.69) is 0 Å². The third-order valence-corrected chi connectivity index (χ3v) is 4.73. The lowest BCUT2D eigenvalue weighted by molar-refractivity contribution is -0.137. The molecule has 0 fully saturated rings. The van der Waals surface area contributed by atoms with Gasteiger partial charge in [0.05, 0.1) is 21.9 Å². The molecule has 0 unspecified atom stereocenters. The van der Waals surface area contributed by atoms with E-state index in [1.54, 1.807) is 0 Å². The van der Waals surface area contributed by atoms with Crippen LogP contribution in [0.2, 0.25) is 0 Å². The molecule has 0 amide bonds. The second-order valence-corrected chi connectivity index (χ2v) is 7.18. The van der Waals surface area contributed by atoms with Crippen LogP contribution in [0.1, 0.15) is 32.3 Å². The molecule has 20 heavy (non-hydrogen) atoms. The fourth-order valence-electron chi connectivity index (χ4n) is 1.80. The Kier molecular flexibility index (Phi) is 5.07. The Balaban J connectivity index is 2.97. The van der Waals surface area contributed by atoms with Gasteiger partial charge < -0.3 is 5.73 Å². The van der Waals surface area contributed by atoms with E-state index < -0.39 is 21.6 Å². The predicted molar refractivity (Wildman–Crippen MR) is 72.0 cm³/mol. The Morgan fingerprint density at radius 3 is 2.30 bits per heavy atom. The smallest absolute Gasteiger partial charge is 0.398 e. The zero-order valence-electron chi connectivity index (χ0n) is 11.4. The number of nitrogen functional groups attached to an aromatic ring is 1. The molecule has 0 aliphatic heterocycles. The predicted octanol–water partition coefficient (Wildman–Crippen LogP) is 3.50. The van der Waals surface area contributed by atoms with Crippen molar-refractivity contribution in [1.29, 1.82) is 0 Å². The van der Waals surface area contributed by atoms with E-state index in [4.69, 9.17) is 5.73 Å². The average Bonchev–Trinajstić information content (AvgIpc) is 2.26. The summed E-state index contributed by atoms with van der Waals surface area (Å²) in [7, 11) is -3.64. The number of hydrogen-bond acceptors (Lipinski definition) is 3. The summed E-state index contributed by atoms with van der Waals surface area (Å²) in [6, 6.07) is 2.34. The summed E-state index contributed by atoms with van der Waals surface area (Å²) in [5.41, 5.74) is 4.15. The van der Waals surface area contributed by atoms with Crippen molar-refractivity contribution in [3.05, 3.63) is 23.8 Å². The number of sulfone groups is 1. The molecule has 7 heteroatoms. The lowest BCUT2D eigenvalue weighted by Crippen LogP contribution is -2.12. The van der Waals surface area contributed by atoms with Gasteiger partial charge in [-0.05, 0) is 37.0 Å². The van der Waals surface area contributed by atoms with Crippen LogP contribution in [0.3, 0.4) is 0 Å². The van der Waals surface area contributed by atoms with Crippen molar-refractivity contribution in [2.75, 3.05) is 11.5 Å². The van der Waals surface area contributed by atoms with E-state index in [9.17, 15) is 21.6 Å². The summed E-state index contributed by atoms with van der Waals surface area (Å²) >= 11 is 0. The summed E-state index contributed by atoms with van der Waals surface area (Å²) in [6.07, 6.45) is -3.34. The van der Waals surface area contributed by atoms with Crippen LogP contribution in [0.15, 0.2) is 23.1 Å². The first-order valence-electron chi connectivity index (χ1n) is 6.23.